The zero-order valence-electron chi connectivity index (χ0n) is 12.8. The molecule has 2 rings (SSSR count). The van der Waals surface area contributed by atoms with Crippen LogP contribution in [-0.2, 0) is 19.1 Å². The first-order valence-electron chi connectivity index (χ1n) is 7.64. The molecule has 0 aromatic carbocycles. The molecular formula is C14H24N2O6. The van der Waals surface area contributed by atoms with Gasteiger partial charge in [0.15, 0.2) is 24.7 Å². The van der Waals surface area contributed by atoms with Gasteiger partial charge >= 0.3 is 11.9 Å². The first-order chi connectivity index (χ1) is 10.4. The van der Waals surface area contributed by atoms with Crippen molar-refractivity contribution in [3.63, 3.8) is 0 Å². The van der Waals surface area contributed by atoms with E-state index in [2.05, 4.69) is 10.6 Å². The minimum Gasteiger partial charge on any atom is -0.444 e. The lowest BCUT2D eigenvalue weighted by molar-refractivity contribution is -0.181. The van der Waals surface area contributed by atoms with E-state index in [1.807, 2.05) is 13.8 Å². The lowest BCUT2D eigenvalue weighted by Gasteiger charge is -2.22. The summed E-state index contributed by atoms with van der Waals surface area (Å²) in [6, 6.07) is 0. The fourth-order valence-corrected chi connectivity index (χ4v) is 2.57. The molecule has 126 valence electrons. The Hall–Kier alpha value is -1.22. The van der Waals surface area contributed by atoms with Crippen LogP contribution in [0.25, 0.3) is 0 Å². The SMILES string of the molecule is C[C@@H]1CCNC1OC(=O)C(O)C(O)C(=O)OC1NCC[C@H]1C. The van der Waals surface area contributed by atoms with E-state index in [1.54, 1.807) is 0 Å². The highest BCUT2D eigenvalue weighted by molar-refractivity contribution is 5.85. The summed E-state index contributed by atoms with van der Waals surface area (Å²) in [5, 5.41) is 25.5. The zero-order valence-corrected chi connectivity index (χ0v) is 12.8. The van der Waals surface area contributed by atoms with Crippen molar-refractivity contribution in [2.45, 2.75) is 51.4 Å². The Bertz CT molecular complexity index is 380. The fraction of sp³-hybridized carbons (Fsp3) is 0.857. The first-order valence-corrected chi connectivity index (χ1v) is 7.64. The van der Waals surface area contributed by atoms with E-state index in [-0.39, 0.29) is 11.8 Å². The maximum Gasteiger partial charge on any atom is 0.339 e. The van der Waals surface area contributed by atoms with Gasteiger partial charge in [-0.15, -0.1) is 0 Å². The quantitative estimate of drug-likeness (QED) is 0.463. The van der Waals surface area contributed by atoms with Gasteiger partial charge in [0.2, 0.25) is 0 Å². The number of hydrogen-bond acceptors (Lipinski definition) is 8. The molecule has 2 saturated heterocycles. The van der Waals surface area contributed by atoms with E-state index in [0.717, 1.165) is 12.8 Å². The van der Waals surface area contributed by atoms with Crippen molar-refractivity contribution in [1.82, 2.24) is 10.6 Å². The van der Waals surface area contributed by atoms with E-state index in [0.29, 0.717) is 13.1 Å². The van der Waals surface area contributed by atoms with Crippen molar-refractivity contribution in [3.8, 4) is 0 Å². The van der Waals surface area contributed by atoms with Crippen LogP contribution in [0.4, 0.5) is 0 Å². The van der Waals surface area contributed by atoms with E-state index in [4.69, 9.17) is 9.47 Å². The number of esters is 2. The van der Waals surface area contributed by atoms with Gasteiger partial charge in [0, 0.05) is 11.8 Å². The average Bonchev–Trinajstić information content (AvgIpc) is 3.07. The molecule has 0 spiro atoms. The van der Waals surface area contributed by atoms with Crippen LogP contribution in [0.3, 0.4) is 0 Å². The lowest BCUT2D eigenvalue weighted by Crippen LogP contribution is -2.46. The van der Waals surface area contributed by atoms with Crippen LogP contribution in [0.1, 0.15) is 26.7 Å². The van der Waals surface area contributed by atoms with E-state index in [1.165, 1.54) is 0 Å². The molecule has 8 nitrogen and oxygen atoms in total. The largest absolute Gasteiger partial charge is 0.444 e. The second kappa shape index (κ2) is 7.36. The minimum atomic E-state index is -1.96. The van der Waals surface area contributed by atoms with Gasteiger partial charge in [-0.05, 0) is 25.9 Å². The number of ether oxygens (including phenoxy) is 2. The summed E-state index contributed by atoms with van der Waals surface area (Å²) in [7, 11) is 0. The average molecular weight is 316 g/mol. The molecule has 8 heteroatoms. The summed E-state index contributed by atoms with van der Waals surface area (Å²) < 4.78 is 10.1. The van der Waals surface area contributed by atoms with E-state index in [9.17, 15) is 19.8 Å². The van der Waals surface area contributed by atoms with Crippen molar-refractivity contribution in [3.05, 3.63) is 0 Å². The third-order valence-corrected chi connectivity index (χ3v) is 4.19. The molecule has 0 bridgehead atoms. The van der Waals surface area contributed by atoms with Gasteiger partial charge in [-0.2, -0.15) is 0 Å². The fourth-order valence-electron chi connectivity index (χ4n) is 2.57. The topological polar surface area (TPSA) is 117 Å². The summed E-state index contributed by atoms with van der Waals surface area (Å²) in [6.45, 7) is 5.24. The van der Waals surface area contributed by atoms with Crippen molar-refractivity contribution in [2.75, 3.05) is 13.1 Å². The van der Waals surface area contributed by atoms with Crippen LogP contribution in [0.15, 0.2) is 0 Å². The van der Waals surface area contributed by atoms with Crippen molar-refractivity contribution >= 4 is 11.9 Å². The third kappa shape index (κ3) is 3.95. The number of aliphatic hydroxyl groups excluding tert-OH is 2. The molecule has 2 fully saturated rings. The van der Waals surface area contributed by atoms with Crippen LogP contribution in [-0.4, -0.2) is 59.9 Å². The number of rotatable bonds is 5. The van der Waals surface area contributed by atoms with Crippen molar-refractivity contribution in [2.24, 2.45) is 11.8 Å². The Kier molecular flexibility index (Phi) is 5.74. The monoisotopic (exact) mass is 316 g/mol. The lowest BCUT2D eigenvalue weighted by atomic mass is 10.1. The predicted molar refractivity (Wildman–Crippen MR) is 75.3 cm³/mol. The first kappa shape index (κ1) is 17.1. The number of hydrogen-bond donors (Lipinski definition) is 4. The van der Waals surface area contributed by atoms with Crippen molar-refractivity contribution in [1.29, 1.82) is 0 Å². The zero-order chi connectivity index (χ0) is 16.3. The van der Waals surface area contributed by atoms with Crippen molar-refractivity contribution < 1.29 is 29.3 Å². The highest BCUT2D eigenvalue weighted by Gasteiger charge is 2.38. The van der Waals surface area contributed by atoms with E-state index < -0.39 is 36.6 Å². The third-order valence-electron chi connectivity index (χ3n) is 4.19. The summed E-state index contributed by atoms with van der Waals surface area (Å²) in [5.41, 5.74) is 0. The number of carbonyl (C=O) groups is 2. The molecule has 22 heavy (non-hydrogen) atoms. The Morgan fingerprint density at radius 3 is 1.55 bits per heavy atom. The molecule has 0 aliphatic carbocycles. The number of carbonyl (C=O) groups excluding carboxylic acids is 2. The molecule has 2 aliphatic heterocycles. The van der Waals surface area contributed by atoms with Gasteiger partial charge in [-0.1, -0.05) is 13.8 Å². The van der Waals surface area contributed by atoms with Crippen LogP contribution in [0.5, 0.6) is 0 Å². The minimum absolute atomic E-state index is 0.115. The molecule has 2 aliphatic rings. The van der Waals surface area contributed by atoms with Gasteiger partial charge in [0.05, 0.1) is 0 Å². The van der Waals surface area contributed by atoms with Gasteiger partial charge in [0.1, 0.15) is 0 Å². The van der Waals surface area contributed by atoms with Crippen LogP contribution >= 0.6 is 0 Å². The molecule has 0 aromatic heterocycles. The molecule has 4 N–H and O–H groups in total. The Balaban J connectivity index is 1.83. The molecule has 0 amide bonds. The number of nitrogens with one attached hydrogen (secondary N) is 2. The second-order valence-corrected chi connectivity index (χ2v) is 6.04. The molecule has 0 saturated carbocycles. The van der Waals surface area contributed by atoms with Crippen LogP contribution in [0.2, 0.25) is 0 Å². The Morgan fingerprint density at radius 1 is 0.909 bits per heavy atom. The molecule has 0 aromatic rings. The molecule has 0 radical (unpaired) electrons. The molecular weight excluding hydrogens is 292 g/mol. The second-order valence-electron chi connectivity index (χ2n) is 6.04. The standard InChI is InChI=1S/C14H24N2O6/c1-7-3-5-15-11(7)21-13(19)9(17)10(18)14(20)22-12-8(2)4-6-16-12/h7-12,15-18H,3-6H2,1-2H3/t7-,8-,9?,10?,11?,12?/m1/s1. The van der Waals surface area contributed by atoms with Crippen LogP contribution in [0, 0.1) is 11.8 Å². The highest BCUT2D eigenvalue weighted by atomic mass is 16.6. The van der Waals surface area contributed by atoms with Gasteiger partial charge < -0.3 is 19.7 Å². The summed E-state index contributed by atoms with van der Waals surface area (Å²) in [5.74, 6) is -1.85. The molecule has 4 unspecified atom stereocenters. The molecule has 6 atom stereocenters. The maximum absolute atomic E-state index is 11.8. The van der Waals surface area contributed by atoms with Gasteiger partial charge in [0.25, 0.3) is 0 Å². The molecule has 2 heterocycles. The normalized spacial score (nSPS) is 34.2. The summed E-state index contributed by atoms with van der Waals surface area (Å²) in [6.07, 6.45) is -3.24. The number of aliphatic hydroxyl groups is 2. The van der Waals surface area contributed by atoms with Gasteiger partial charge in [-0.25, -0.2) is 9.59 Å². The summed E-state index contributed by atoms with van der Waals surface area (Å²) >= 11 is 0. The van der Waals surface area contributed by atoms with Crippen LogP contribution < -0.4 is 10.6 Å². The predicted octanol–water partition coefficient (Wildman–Crippen LogP) is -1.29. The maximum atomic E-state index is 11.8. The smallest absolute Gasteiger partial charge is 0.339 e. The summed E-state index contributed by atoms with van der Waals surface area (Å²) in [4.78, 5) is 23.6. The Labute approximate surface area is 129 Å². The van der Waals surface area contributed by atoms with Gasteiger partial charge in [-0.3, -0.25) is 10.6 Å². The Morgan fingerprint density at radius 2 is 1.27 bits per heavy atom. The van der Waals surface area contributed by atoms with E-state index >= 15 is 0 Å². The highest BCUT2D eigenvalue weighted by Crippen LogP contribution is 2.18.